The van der Waals surface area contributed by atoms with Gasteiger partial charge in [-0.1, -0.05) is 23.8 Å². The summed E-state index contributed by atoms with van der Waals surface area (Å²) in [5.41, 5.74) is 4.35. The van der Waals surface area contributed by atoms with E-state index in [1.54, 1.807) is 12.2 Å². The zero-order chi connectivity index (χ0) is 12.9. The Bertz CT molecular complexity index is 404. The van der Waals surface area contributed by atoms with Crippen molar-refractivity contribution < 1.29 is 13.2 Å². The molecular formula is C10H11ClF3N3. The lowest BCUT2D eigenvalue weighted by Gasteiger charge is -2.09. The first-order valence-electron chi connectivity index (χ1n) is 4.77. The van der Waals surface area contributed by atoms with E-state index in [4.69, 9.17) is 17.3 Å². The molecule has 1 rings (SSSR count). The van der Waals surface area contributed by atoms with Crippen molar-refractivity contribution in [3.05, 3.63) is 35.0 Å². The van der Waals surface area contributed by atoms with E-state index < -0.39 is 11.7 Å². The van der Waals surface area contributed by atoms with Crippen molar-refractivity contribution in [2.24, 2.45) is 5.73 Å². The summed E-state index contributed by atoms with van der Waals surface area (Å²) in [6.07, 6.45) is -0.254. The van der Waals surface area contributed by atoms with Crippen LogP contribution in [0.2, 0.25) is 5.02 Å². The molecule has 0 atom stereocenters. The molecule has 1 heterocycles. The summed E-state index contributed by atoms with van der Waals surface area (Å²) in [4.78, 5) is 3.61. The molecule has 1 aromatic rings. The lowest BCUT2D eigenvalue weighted by Crippen LogP contribution is -2.08. The maximum Gasteiger partial charge on any atom is 0.417 e. The third-order valence-corrected chi connectivity index (χ3v) is 2.15. The van der Waals surface area contributed by atoms with Gasteiger partial charge in [0.05, 0.1) is 10.6 Å². The van der Waals surface area contributed by atoms with Gasteiger partial charge >= 0.3 is 6.18 Å². The number of nitrogens with one attached hydrogen (secondary N) is 1. The third-order valence-electron chi connectivity index (χ3n) is 1.86. The SMILES string of the molecule is NC/C=C/CNc1ncc(C(F)(F)F)cc1Cl. The van der Waals surface area contributed by atoms with E-state index in [9.17, 15) is 13.2 Å². The lowest BCUT2D eigenvalue weighted by atomic mass is 10.3. The Hall–Kier alpha value is -1.27. The van der Waals surface area contributed by atoms with Crippen molar-refractivity contribution in [3.8, 4) is 0 Å². The highest BCUT2D eigenvalue weighted by Gasteiger charge is 2.31. The van der Waals surface area contributed by atoms with Crippen LogP contribution in [-0.2, 0) is 6.18 Å². The number of nitrogens with zero attached hydrogens (tertiary/aromatic N) is 1. The Morgan fingerprint density at radius 1 is 1.41 bits per heavy atom. The molecule has 3 N–H and O–H groups in total. The van der Waals surface area contributed by atoms with Crippen LogP contribution in [0.3, 0.4) is 0 Å². The number of alkyl halides is 3. The monoisotopic (exact) mass is 265 g/mol. The Balaban J connectivity index is 2.73. The number of anilines is 1. The number of hydrogen-bond donors (Lipinski definition) is 2. The zero-order valence-electron chi connectivity index (χ0n) is 8.76. The molecule has 0 radical (unpaired) electrons. The second kappa shape index (κ2) is 5.88. The van der Waals surface area contributed by atoms with Crippen molar-refractivity contribution >= 4 is 17.4 Å². The van der Waals surface area contributed by atoms with Gasteiger partial charge < -0.3 is 11.1 Å². The van der Waals surface area contributed by atoms with Crippen molar-refractivity contribution in [1.82, 2.24) is 4.98 Å². The predicted molar refractivity (Wildman–Crippen MR) is 60.9 cm³/mol. The standard InChI is InChI=1S/C10H11ClF3N3/c11-8-5-7(10(12,13)14)6-17-9(8)16-4-2-1-3-15/h1-2,5-6H,3-4,15H2,(H,16,17)/b2-1+. The largest absolute Gasteiger partial charge is 0.417 e. The highest BCUT2D eigenvalue weighted by Crippen LogP contribution is 2.32. The van der Waals surface area contributed by atoms with E-state index in [0.29, 0.717) is 13.1 Å². The summed E-state index contributed by atoms with van der Waals surface area (Å²) < 4.78 is 36.9. The number of rotatable bonds is 4. The van der Waals surface area contributed by atoms with Crippen molar-refractivity contribution in [1.29, 1.82) is 0 Å². The second-order valence-electron chi connectivity index (χ2n) is 3.14. The number of nitrogens with two attached hydrogens (primary N) is 1. The summed E-state index contributed by atoms with van der Waals surface area (Å²) in [5.74, 6) is 0.210. The summed E-state index contributed by atoms with van der Waals surface area (Å²) in [5, 5.41) is 2.71. The fraction of sp³-hybridized carbons (Fsp3) is 0.300. The van der Waals surface area contributed by atoms with E-state index >= 15 is 0 Å². The molecule has 0 aliphatic heterocycles. The van der Waals surface area contributed by atoms with Gasteiger partial charge in [-0.3, -0.25) is 0 Å². The quantitative estimate of drug-likeness (QED) is 0.823. The van der Waals surface area contributed by atoms with Crippen LogP contribution in [0.5, 0.6) is 0 Å². The van der Waals surface area contributed by atoms with Crippen molar-refractivity contribution in [2.45, 2.75) is 6.18 Å². The van der Waals surface area contributed by atoms with Gasteiger partial charge in [0, 0.05) is 19.3 Å². The molecule has 0 spiro atoms. The van der Waals surface area contributed by atoms with Gasteiger partial charge in [-0.15, -0.1) is 0 Å². The molecule has 7 heteroatoms. The summed E-state index contributed by atoms with van der Waals surface area (Å²) in [7, 11) is 0. The molecule has 0 saturated heterocycles. The van der Waals surface area contributed by atoms with Gasteiger partial charge in [0.25, 0.3) is 0 Å². The van der Waals surface area contributed by atoms with E-state index in [1.165, 1.54) is 0 Å². The first-order chi connectivity index (χ1) is 7.95. The Morgan fingerprint density at radius 3 is 2.65 bits per heavy atom. The van der Waals surface area contributed by atoms with Crippen LogP contribution in [0, 0.1) is 0 Å². The summed E-state index contributed by atoms with van der Waals surface area (Å²) in [6, 6.07) is 0.837. The zero-order valence-corrected chi connectivity index (χ0v) is 9.52. The molecule has 0 bridgehead atoms. The fourth-order valence-electron chi connectivity index (χ4n) is 1.06. The van der Waals surface area contributed by atoms with Crippen LogP contribution in [-0.4, -0.2) is 18.1 Å². The highest BCUT2D eigenvalue weighted by atomic mass is 35.5. The van der Waals surface area contributed by atoms with Gasteiger partial charge in [-0.05, 0) is 6.07 Å². The fourth-order valence-corrected chi connectivity index (χ4v) is 1.29. The molecule has 0 saturated carbocycles. The maximum atomic E-state index is 12.3. The van der Waals surface area contributed by atoms with E-state index in [-0.39, 0.29) is 10.8 Å². The molecular weight excluding hydrogens is 255 g/mol. The van der Waals surface area contributed by atoms with E-state index in [2.05, 4.69) is 10.3 Å². The Kier molecular flexibility index (Phi) is 4.77. The Morgan fingerprint density at radius 2 is 2.12 bits per heavy atom. The van der Waals surface area contributed by atoms with Crippen LogP contribution in [0.25, 0.3) is 0 Å². The molecule has 3 nitrogen and oxygen atoms in total. The molecule has 94 valence electrons. The van der Waals surface area contributed by atoms with Gasteiger partial charge in [-0.25, -0.2) is 4.98 Å². The number of hydrogen-bond acceptors (Lipinski definition) is 3. The normalized spacial score (nSPS) is 12.1. The maximum absolute atomic E-state index is 12.3. The summed E-state index contributed by atoms with van der Waals surface area (Å²) >= 11 is 5.67. The number of aromatic nitrogens is 1. The van der Waals surface area contributed by atoms with Gasteiger partial charge in [-0.2, -0.15) is 13.2 Å². The number of pyridine rings is 1. The molecule has 1 aromatic heterocycles. The average molecular weight is 266 g/mol. The molecule has 0 aromatic carbocycles. The molecule has 17 heavy (non-hydrogen) atoms. The van der Waals surface area contributed by atoms with Crippen LogP contribution < -0.4 is 11.1 Å². The summed E-state index contributed by atoms with van der Waals surface area (Å²) in [6.45, 7) is 0.797. The van der Waals surface area contributed by atoms with Gasteiger partial charge in [0.2, 0.25) is 0 Å². The number of halogens is 4. The van der Waals surface area contributed by atoms with E-state index in [1.807, 2.05) is 0 Å². The molecule has 0 amide bonds. The van der Waals surface area contributed by atoms with Crippen LogP contribution in [0.15, 0.2) is 24.4 Å². The lowest BCUT2D eigenvalue weighted by molar-refractivity contribution is -0.137. The minimum Gasteiger partial charge on any atom is -0.365 e. The molecule has 0 fully saturated rings. The molecule has 0 unspecified atom stereocenters. The van der Waals surface area contributed by atoms with Crippen molar-refractivity contribution in [3.63, 3.8) is 0 Å². The first-order valence-corrected chi connectivity index (χ1v) is 5.14. The predicted octanol–water partition coefficient (Wildman–Crippen LogP) is 2.68. The van der Waals surface area contributed by atoms with Gasteiger partial charge in [0.15, 0.2) is 0 Å². The van der Waals surface area contributed by atoms with Crippen molar-refractivity contribution in [2.75, 3.05) is 18.4 Å². The topological polar surface area (TPSA) is 50.9 Å². The minimum absolute atomic E-state index is 0.0685. The van der Waals surface area contributed by atoms with Crippen LogP contribution >= 0.6 is 11.6 Å². The third kappa shape index (κ3) is 4.24. The highest BCUT2D eigenvalue weighted by molar-refractivity contribution is 6.32. The van der Waals surface area contributed by atoms with Gasteiger partial charge in [0.1, 0.15) is 5.82 Å². The van der Waals surface area contributed by atoms with Crippen LogP contribution in [0.1, 0.15) is 5.56 Å². The Labute approximate surface area is 101 Å². The second-order valence-corrected chi connectivity index (χ2v) is 3.55. The first kappa shape index (κ1) is 13.8. The minimum atomic E-state index is -4.44. The smallest absolute Gasteiger partial charge is 0.365 e. The average Bonchev–Trinajstić information content (AvgIpc) is 2.24. The molecule has 0 aliphatic carbocycles. The van der Waals surface area contributed by atoms with Crippen LogP contribution in [0.4, 0.5) is 19.0 Å². The molecule has 0 aliphatic rings. The van der Waals surface area contributed by atoms with E-state index in [0.717, 1.165) is 12.3 Å².